The molecular weight excluding hydrogens is 264 g/mol. The third-order valence-corrected chi connectivity index (χ3v) is 3.58. The van der Waals surface area contributed by atoms with Gasteiger partial charge in [-0.25, -0.2) is 0 Å². The molecule has 3 heteroatoms. The minimum Gasteiger partial charge on any atom is -0.468 e. The number of hydrogen-bond donors (Lipinski definition) is 0. The zero-order chi connectivity index (χ0) is 15.5. The molecule has 0 bridgehead atoms. The van der Waals surface area contributed by atoms with Crippen molar-refractivity contribution in [3.63, 3.8) is 0 Å². The zero-order valence-corrected chi connectivity index (χ0v) is 12.4. The Morgan fingerprint density at radius 1 is 0.905 bits per heavy atom. The second-order valence-electron chi connectivity index (χ2n) is 5.39. The molecule has 0 atom stereocenters. The van der Waals surface area contributed by atoms with E-state index in [1.54, 1.807) is 44.2 Å². The second kappa shape index (κ2) is 5.92. The van der Waals surface area contributed by atoms with Crippen LogP contribution in [0.2, 0.25) is 0 Å². The van der Waals surface area contributed by atoms with E-state index in [0.29, 0.717) is 11.1 Å². The van der Waals surface area contributed by atoms with Crippen LogP contribution in [0.1, 0.15) is 35.3 Å². The standard InChI is InChI=1S/C18H18O3/c1-18(2,17(20)21-3)15-11-7-10-14(12-15)16(19)13-8-5-4-6-9-13/h4-12H,1-3H3. The van der Waals surface area contributed by atoms with Crippen molar-refractivity contribution >= 4 is 11.8 Å². The van der Waals surface area contributed by atoms with Gasteiger partial charge in [-0.05, 0) is 25.5 Å². The summed E-state index contributed by atoms with van der Waals surface area (Å²) in [7, 11) is 1.36. The lowest BCUT2D eigenvalue weighted by Crippen LogP contribution is -2.30. The Hall–Kier alpha value is -2.42. The highest BCUT2D eigenvalue weighted by atomic mass is 16.5. The quantitative estimate of drug-likeness (QED) is 0.638. The molecule has 0 aliphatic carbocycles. The van der Waals surface area contributed by atoms with E-state index in [0.717, 1.165) is 5.56 Å². The van der Waals surface area contributed by atoms with Gasteiger partial charge in [0.15, 0.2) is 5.78 Å². The molecule has 0 unspecified atom stereocenters. The summed E-state index contributed by atoms with van der Waals surface area (Å²) >= 11 is 0. The molecule has 108 valence electrons. The summed E-state index contributed by atoms with van der Waals surface area (Å²) in [5.41, 5.74) is 1.17. The summed E-state index contributed by atoms with van der Waals surface area (Å²) in [5, 5.41) is 0. The van der Waals surface area contributed by atoms with Crippen molar-refractivity contribution in [3.05, 3.63) is 71.3 Å². The van der Waals surface area contributed by atoms with E-state index >= 15 is 0 Å². The van der Waals surface area contributed by atoms with Crippen LogP contribution >= 0.6 is 0 Å². The van der Waals surface area contributed by atoms with Gasteiger partial charge in [0.25, 0.3) is 0 Å². The fourth-order valence-electron chi connectivity index (χ4n) is 2.18. The van der Waals surface area contributed by atoms with Gasteiger partial charge in [-0.2, -0.15) is 0 Å². The highest BCUT2D eigenvalue weighted by Crippen LogP contribution is 2.26. The summed E-state index contributed by atoms with van der Waals surface area (Å²) in [6.45, 7) is 3.57. The monoisotopic (exact) mass is 282 g/mol. The number of carbonyl (C=O) groups excluding carboxylic acids is 2. The zero-order valence-electron chi connectivity index (χ0n) is 12.4. The molecule has 2 aromatic rings. The largest absolute Gasteiger partial charge is 0.468 e. The maximum absolute atomic E-state index is 12.4. The van der Waals surface area contributed by atoms with Crippen LogP contribution in [0.5, 0.6) is 0 Å². The maximum Gasteiger partial charge on any atom is 0.315 e. The predicted molar refractivity (Wildman–Crippen MR) is 81.4 cm³/mol. The smallest absolute Gasteiger partial charge is 0.315 e. The predicted octanol–water partition coefficient (Wildman–Crippen LogP) is 3.37. The van der Waals surface area contributed by atoms with Gasteiger partial charge in [-0.1, -0.05) is 48.5 Å². The molecule has 0 amide bonds. The van der Waals surface area contributed by atoms with Crippen LogP contribution in [0.3, 0.4) is 0 Å². The van der Waals surface area contributed by atoms with Crippen LogP contribution in [0.25, 0.3) is 0 Å². The lowest BCUT2D eigenvalue weighted by molar-refractivity contribution is -0.146. The SMILES string of the molecule is COC(=O)C(C)(C)c1cccc(C(=O)c2ccccc2)c1. The Balaban J connectivity index is 2.39. The average Bonchev–Trinajstić information content (AvgIpc) is 2.54. The van der Waals surface area contributed by atoms with Gasteiger partial charge in [0.2, 0.25) is 0 Å². The third kappa shape index (κ3) is 3.02. The summed E-state index contributed by atoms with van der Waals surface area (Å²) in [5.74, 6) is -0.384. The van der Waals surface area contributed by atoms with Crippen LogP contribution in [0.15, 0.2) is 54.6 Å². The number of hydrogen-bond acceptors (Lipinski definition) is 3. The van der Waals surface area contributed by atoms with Crippen molar-refractivity contribution < 1.29 is 14.3 Å². The number of rotatable bonds is 4. The fourth-order valence-corrected chi connectivity index (χ4v) is 2.18. The molecule has 0 fully saturated rings. The number of benzene rings is 2. The molecule has 21 heavy (non-hydrogen) atoms. The molecule has 0 saturated heterocycles. The van der Waals surface area contributed by atoms with Crippen molar-refractivity contribution in [2.75, 3.05) is 7.11 Å². The Bertz CT molecular complexity index is 657. The van der Waals surface area contributed by atoms with E-state index in [9.17, 15) is 9.59 Å². The van der Waals surface area contributed by atoms with Crippen molar-refractivity contribution in [1.29, 1.82) is 0 Å². The lowest BCUT2D eigenvalue weighted by Gasteiger charge is -2.22. The van der Waals surface area contributed by atoms with Gasteiger partial charge in [0.1, 0.15) is 0 Å². The molecule has 2 rings (SSSR count). The third-order valence-electron chi connectivity index (χ3n) is 3.58. The molecule has 0 aromatic heterocycles. The molecule has 0 saturated carbocycles. The Labute approximate surface area is 124 Å². The first-order valence-corrected chi connectivity index (χ1v) is 6.75. The molecule has 0 heterocycles. The van der Waals surface area contributed by atoms with Gasteiger partial charge in [-0.3, -0.25) is 9.59 Å². The van der Waals surface area contributed by atoms with E-state index in [-0.39, 0.29) is 11.8 Å². The summed E-state index contributed by atoms with van der Waals surface area (Å²) in [6.07, 6.45) is 0. The van der Waals surface area contributed by atoms with Gasteiger partial charge >= 0.3 is 5.97 Å². The maximum atomic E-state index is 12.4. The molecule has 0 N–H and O–H groups in total. The molecule has 0 aliphatic rings. The van der Waals surface area contributed by atoms with E-state index in [4.69, 9.17) is 4.74 Å². The lowest BCUT2D eigenvalue weighted by atomic mass is 9.83. The highest BCUT2D eigenvalue weighted by Gasteiger charge is 2.31. The second-order valence-corrected chi connectivity index (χ2v) is 5.39. The van der Waals surface area contributed by atoms with Crippen molar-refractivity contribution in [2.45, 2.75) is 19.3 Å². The van der Waals surface area contributed by atoms with Crippen molar-refractivity contribution in [2.24, 2.45) is 0 Å². The van der Waals surface area contributed by atoms with E-state index in [1.165, 1.54) is 7.11 Å². The molecular formula is C18H18O3. The minimum absolute atomic E-state index is 0.0573. The van der Waals surface area contributed by atoms with Gasteiger partial charge in [-0.15, -0.1) is 0 Å². The van der Waals surface area contributed by atoms with Crippen molar-refractivity contribution in [1.82, 2.24) is 0 Å². The first kappa shape index (κ1) is 15.0. The number of carbonyl (C=O) groups is 2. The summed E-state index contributed by atoms with van der Waals surface area (Å²) in [4.78, 5) is 24.3. The molecule has 0 aliphatic heterocycles. The number of ether oxygens (including phenoxy) is 1. The topological polar surface area (TPSA) is 43.4 Å². The van der Waals surface area contributed by atoms with E-state index < -0.39 is 5.41 Å². The fraction of sp³-hybridized carbons (Fsp3) is 0.222. The molecule has 0 spiro atoms. The van der Waals surface area contributed by atoms with Crippen LogP contribution in [-0.4, -0.2) is 18.9 Å². The number of esters is 1. The van der Waals surface area contributed by atoms with Crippen molar-refractivity contribution in [3.8, 4) is 0 Å². The summed E-state index contributed by atoms with van der Waals surface area (Å²) < 4.78 is 4.83. The Kier molecular flexibility index (Phi) is 4.22. The molecule has 0 radical (unpaired) electrons. The molecule has 3 nitrogen and oxygen atoms in total. The van der Waals surface area contributed by atoms with Gasteiger partial charge in [0.05, 0.1) is 12.5 Å². The van der Waals surface area contributed by atoms with Gasteiger partial charge < -0.3 is 4.74 Å². The Morgan fingerprint density at radius 3 is 2.14 bits per heavy atom. The Morgan fingerprint density at radius 2 is 1.52 bits per heavy atom. The normalized spacial score (nSPS) is 11.0. The van der Waals surface area contributed by atoms with Crippen LogP contribution in [-0.2, 0) is 14.9 Å². The summed E-state index contributed by atoms with van der Waals surface area (Å²) in [6, 6.07) is 16.2. The van der Waals surface area contributed by atoms with Gasteiger partial charge in [0, 0.05) is 11.1 Å². The number of methoxy groups -OCH3 is 1. The minimum atomic E-state index is -0.790. The highest BCUT2D eigenvalue weighted by molar-refractivity contribution is 6.09. The first-order valence-electron chi connectivity index (χ1n) is 6.75. The van der Waals surface area contributed by atoms with E-state index in [1.807, 2.05) is 24.3 Å². The molecule has 2 aromatic carbocycles. The van der Waals surface area contributed by atoms with Crippen LogP contribution in [0.4, 0.5) is 0 Å². The van der Waals surface area contributed by atoms with Crippen LogP contribution < -0.4 is 0 Å². The average molecular weight is 282 g/mol. The van der Waals surface area contributed by atoms with Crippen LogP contribution in [0, 0.1) is 0 Å². The number of ketones is 1. The first-order chi connectivity index (χ1) is 9.96. The van der Waals surface area contributed by atoms with E-state index in [2.05, 4.69) is 0 Å².